The minimum absolute atomic E-state index is 0.0227. The molecule has 0 spiro atoms. The third-order valence-corrected chi connectivity index (χ3v) is 4.83. The van der Waals surface area contributed by atoms with Gasteiger partial charge >= 0.3 is 0 Å². The van der Waals surface area contributed by atoms with E-state index in [1.54, 1.807) is 42.5 Å². The summed E-state index contributed by atoms with van der Waals surface area (Å²) in [5, 5.41) is 16.0. The van der Waals surface area contributed by atoms with Crippen molar-refractivity contribution in [2.75, 3.05) is 6.54 Å². The van der Waals surface area contributed by atoms with Crippen LogP contribution >= 0.6 is 22.9 Å². The molecule has 6 heteroatoms. The molecule has 1 amide bonds. The number of aliphatic hydroxyl groups is 1. The lowest BCUT2D eigenvalue weighted by molar-refractivity contribution is 0.0554. The zero-order chi connectivity index (χ0) is 16.3. The second-order valence-corrected chi connectivity index (χ2v) is 6.33. The molecule has 0 bridgehead atoms. The van der Waals surface area contributed by atoms with Gasteiger partial charge < -0.3 is 14.8 Å². The first kappa shape index (κ1) is 15.8. The predicted molar refractivity (Wildman–Crippen MR) is 89.8 cm³/mol. The summed E-state index contributed by atoms with van der Waals surface area (Å²) in [7, 11) is 0. The van der Waals surface area contributed by atoms with Gasteiger partial charge in [0, 0.05) is 4.88 Å². The van der Waals surface area contributed by atoms with E-state index in [1.807, 2.05) is 11.4 Å². The van der Waals surface area contributed by atoms with Crippen molar-refractivity contribution in [3.8, 4) is 0 Å². The zero-order valence-corrected chi connectivity index (χ0v) is 13.6. The number of rotatable bonds is 5. The van der Waals surface area contributed by atoms with Gasteiger partial charge in [0.1, 0.15) is 5.76 Å². The van der Waals surface area contributed by atoms with Gasteiger partial charge in [-0.3, -0.25) is 4.79 Å². The van der Waals surface area contributed by atoms with E-state index < -0.39 is 5.60 Å². The lowest BCUT2D eigenvalue weighted by atomic mass is 9.98. The van der Waals surface area contributed by atoms with E-state index in [9.17, 15) is 9.90 Å². The van der Waals surface area contributed by atoms with Crippen molar-refractivity contribution < 1.29 is 14.3 Å². The lowest BCUT2D eigenvalue weighted by Crippen LogP contribution is -2.41. The molecule has 23 heavy (non-hydrogen) atoms. The maximum absolute atomic E-state index is 12.3. The highest BCUT2D eigenvalue weighted by Crippen LogP contribution is 2.32. The van der Waals surface area contributed by atoms with E-state index in [2.05, 4.69) is 5.32 Å². The van der Waals surface area contributed by atoms with Crippen molar-refractivity contribution in [3.05, 3.63) is 81.4 Å². The maximum atomic E-state index is 12.3. The summed E-state index contributed by atoms with van der Waals surface area (Å²) in [5.41, 5.74) is -1.06. The first-order valence-electron chi connectivity index (χ1n) is 6.94. The Bertz CT molecular complexity index is 750. The van der Waals surface area contributed by atoms with E-state index in [-0.39, 0.29) is 12.5 Å². The second-order valence-electron chi connectivity index (χ2n) is 4.98. The molecule has 0 aliphatic rings. The second kappa shape index (κ2) is 6.58. The van der Waals surface area contributed by atoms with Crippen LogP contribution in [-0.4, -0.2) is 17.6 Å². The Balaban J connectivity index is 1.84. The van der Waals surface area contributed by atoms with Gasteiger partial charge in [-0.1, -0.05) is 29.8 Å². The predicted octanol–water partition coefficient (Wildman–Crippen LogP) is 3.66. The average molecular weight is 348 g/mol. The number of furan rings is 1. The first-order valence-corrected chi connectivity index (χ1v) is 8.20. The summed E-state index contributed by atoms with van der Waals surface area (Å²) >= 11 is 7.42. The number of amides is 1. The first-order chi connectivity index (χ1) is 11.1. The van der Waals surface area contributed by atoms with Crippen LogP contribution in [0.3, 0.4) is 0 Å². The highest BCUT2D eigenvalue weighted by atomic mass is 35.5. The highest BCUT2D eigenvalue weighted by Gasteiger charge is 2.36. The van der Waals surface area contributed by atoms with Crippen LogP contribution in [0, 0.1) is 0 Å². The molecule has 0 fully saturated rings. The van der Waals surface area contributed by atoms with Crippen molar-refractivity contribution in [1.82, 2.24) is 5.32 Å². The number of carbonyl (C=O) groups is 1. The summed E-state index contributed by atoms with van der Waals surface area (Å²) in [4.78, 5) is 13.0. The Morgan fingerprint density at radius 2 is 2.04 bits per heavy atom. The summed E-state index contributed by atoms with van der Waals surface area (Å²) in [5.74, 6) is 0.0246. The van der Waals surface area contributed by atoms with Crippen molar-refractivity contribution in [3.63, 3.8) is 0 Å². The van der Waals surface area contributed by atoms with Crippen molar-refractivity contribution >= 4 is 28.8 Å². The molecule has 3 rings (SSSR count). The SMILES string of the molecule is O=C(NC[C@](O)(c1ccco1)c1cccs1)c1ccccc1Cl. The van der Waals surface area contributed by atoms with Crippen LogP contribution in [0.1, 0.15) is 21.0 Å². The van der Waals surface area contributed by atoms with Gasteiger partial charge in [-0.05, 0) is 35.7 Å². The molecule has 4 nitrogen and oxygen atoms in total. The topological polar surface area (TPSA) is 62.5 Å². The lowest BCUT2D eigenvalue weighted by Gasteiger charge is -2.25. The van der Waals surface area contributed by atoms with E-state index in [0.29, 0.717) is 21.2 Å². The Labute approximate surface area is 142 Å². The fourth-order valence-corrected chi connectivity index (χ4v) is 3.32. The van der Waals surface area contributed by atoms with Gasteiger partial charge in [-0.25, -0.2) is 0 Å². The van der Waals surface area contributed by atoms with Crippen molar-refractivity contribution in [2.45, 2.75) is 5.60 Å². The maximum Gasteiger partial charge on any atom is 0.252 e. The van der Waals surface area contributed by atoms with E-state index in [4.69, 9.17) is 16.0 Å². The third kappa shape index (κ3) is 3.17. The van der Waals surface area contributed by atoms with Gasteiger partial charge in [0.25, 0.3) is 5.91 Å². The number of nitrogens with one attached hydrogen (secondary N) is 1. The molecular formula is C17H14ClNO3S. The molecule has 2 aromatic heterocycles. The Morgan fingerprint density at radius 1 is 1.22 bits per heavy atom. The van der Waals surface area contributed by atoms with Gasteiger partial charge in [0.2, 0.25) is 0 Å². The fraction of sp³-hybridized carbons (Fsp3) is 0.118. The minimum atomic E-state index is -1.42. The quantitative estimate of drug-likeness (QED) is 0.740. The number of hydrogen-bond donors (Lipinski definition) is 2. The monoisotopic (exact) mass is 347 g/mol. The average Bonchev–Trinajstić information content (AvgIpc) is 3.25. The zero-order valence-electron chi connectivity index (χ0n) is 12.0. The summed E-state index contributed by atoms with van der Waals surface area (Å²) in [6, 6.07) is 13.8. The van der Waals surface area contributed by atoms with Gasteiger partial charge in [0.15, 0.2) is 5.60 Å². The van der Waals surface area contributed by atoms with Crippen LogP contribution in [0.5, 0.6) is 0 Å². The van der Waals surface area contributed by atoms with E-state index in [0.717, 1.165) is 0 Å². The van der Waals surface area contributed by atoms with Gasteiger partial charge in [-0.2, -0.15) is 0 Å². The molecule has 1 aromatic carbocycles. The van der Waals surface area contributed by atoms with Crippen molar-refractivity contribution in [2.24, 2.45) is 0 Å². The highest BCUT2D eigenvalue weighted by molar-refractivity contribution is 7.10. The molecule has 3 aromatic rings. The molecule has 0 aliphatic carbocycles. The summed E-state index contributed by atoms with van der Waals surface area (Å²) in [6.07, 6.45) is 1.49. The molecule has 2 N–H and O–H groups in total. The number of hydrogen-bond acceptors (Lipinski definition) is 4. The normalized spacial score (nSPS) is 13.5. The molecule has 0 aliphatic heterocycles. The molecule has 1 atom stereocenters. The largest absolute Gasteiger partial charge is 0.466 e. The number of benzene rings is 1. The number of carbonyl (C=O) groups excluding carboxylic acids is 1. The number of halogens is 1. The molecule has 0 unspecified atom stereocenters. The fourth-order valence-electron chi connectivity index (χ4n) is 2.27. The van der Waals surface area contributed by atoms with E-state index in [1.165, 1.54) is 17.6 Å². The van der Waals surface area contributed by atoms with Crippen LogP contribution in [-0.2, 0) is 5.60 Å². The standard InChI is InChI=1S/C17H14ClNO3S/c18-13-6-2-1-5-12(13)16(20)19-11-17(21,14-7-3-9-22-14)15-8-4-10-23-15/h1-10,21H,11H2,(H,19,20)/t17-/m0/s1. The molecular weight excluding hydrogens is 334 g/mol. The molecule has 118 valence electrons. The smallest absolute Gasteiger partial charge is 0.252 e. The number of thiophene rings is 1. The van der Waals surface area contributed by atoms with Crippen LogP contribution in [0.25, 0.3) is 0 Å². The molecule has 0 radical (unpaired) electrons. The summed E-state index contributed by atoms with van der Waals surface area (Å²) in [6.45, 7) is -0.0227. The minimum Gasteiger partial charge on any atom is -0.466 e. The van der Waals surface area contributed by atoms with Gasteiger partial charge in [-0.15, -0.1) is 11.3 Å². The van der Waals surface area contributed by atoms with Crippen LogP contribution in [0.15, 0.2) is 64.6 Å². The van der Waals surface area contributed by atoms with Crippen LogP contribution in [0.2, 0.25) is 5.02 Å². The molecule has 0 saturated carbocycles. The molecule has 0 saturated heterocycles. The Morgan fingerprint density at radius 3 is 2.70 bits per heavy atom. The Hall–Kier alpha value is -2.08. The molecule has 2 heterocycles. The Kier molecular flexibility index (Phi) is 4.52. The van der Waals surface area contributed by atoms with Crippen LogP contribution in [0.4, 0.5) is 0 Å². The summed E-state index contributed by atoms with van der Waals surface area (Å²) < 4.78 is 5.36. The van der Waals surface area contributed by atoms with E-state index >= 15 is 0 Å². The third-order valence-electron chi connectivity index (χ3n) is 3.48. The van der Waals surface area contributed by atoms with Crippen molar-refractivity contribution in [1.29, 1.82) is 0 Å². The van der Waals surface area contributed by atoms with Crippen LogP contribution < -0.4 is 5.32 Å². The van der Waals surface area contributed by atoms with Gasteiger partial charge in [0.05, 0.1) is 23.4 Å².